The van der Waals surface area contributed by atoms with Gasteiger partial charge in [-0.05, 0) is 31.9 Å². The van der Waals surface area contributed by atoms with E-state index in [0.29, 0.717) is 0 Å². The highest BCUT2D eigenvalue weighted by molar-refractivity contribution is 5.85. The summed E-state index contributed by atoms with van der Waals surface area (Å²) >= 11 is 0. The van der Waals surface area contributed by atoms with E-state index < -0.39 is 0 Å². The standard InChI is InChI=1S/C15H25N5.ClH/c1-4-7-19-9-6-14(18-19)11-16-12-15-10-13(3)17-20(15)8-5-2;/h6,9-10,16H,4-5,7-8,11-12H2,1-3H3;1H. The first-order valence-electron chi connectivity index (χ1n) is 7.49. The van der Waals surface area contributed by atoms with Crippen molar-refractivity contribution in [1.82, 2.24) is 24.9 Å². The predicted octanol–water partition coefficient (Wildman–Crippen LogP) is 2.92. The van der Waals surface area contributed by atoms with Crippen LogP contribution < -0.4 is 5.32 Å². The highest BCUT2D eigenvalue weighted by Crippen LogP contribution is 2.05. The van der Waals surface area contributed by atoms with Gasteiger partial charge in [0.2, 0.25) is 0 Å². The zero-order chi connectivity index (χ0) is 14.4. The number of hydrogen-bond acceptors (Lipinski definition) is 3. The van der Waals surface area contributed by atoms with Gasteiger partial charge in [-0.15, -0.1) is 12.4 Å². The zero-order valence-corrected chi connectivity index (χ0v) is 14.0. The SMILES string of the molecule is CCCn1ccc(CNCc2cc(C)nn2CCC)n1.Cl. The number of hydrogen-bond donors (Lipinski definition) is 1. The van der Waals surface area contributed by atoms with Crippen molar-refractivity contribution in [2.45, 2.75) is 59.8 Å². The number of nitrogens with one attached hydrogen (secondary N) is 1. The molecule has 1 N–H and O–H groups in total. The van der Waals surface area contributed by atoms with Gasteiger partial charge in [0, 0.05) is 32.4 Å². The van der Waals surface area contributed by atoms with Crippen molar-refractivity contribution in [1.29, 1.82) is 0 Å². The number of halogens is 1. The largest absolute Gasteiger partial charge is 0.305 e. The molecule has 2 rings (SSSR count). The lowest BCUT2D eigenvalue weighted by molar-refractivity contribution is 0.540. The Morgan fingerprint density at radius 1 is 1.10 bits per heavy atom. The van der Waals surface area contributed by atoms with E-state index in [0.717, 1.165) is 50.4 Å². The molecular formula is C15H26ClN5. The molecular weight excluding hydrogens is 286 g/mol. The monoisotopic (exact) mass is 311 g/mol. The van der Waals surface area contributed by atoms with Gasteiger partial charge in [-0.3, -0.25) is 9.36 Å². The third kappa shape index (κ3) is 5.17. The second kappa shape index (κ2) is 8.85. The van der Waals surface area contributed by atoms with Crippen molar-refractivity contribution in [2.24, 2.45) is 0 Å². The van der Waals surface area contributed by atoms with Gasteiger partial charge in [-0.25, -0.2) is 0 Å². The number of nitrogens with zero attached hydrogens (tertiary/aromatic N) is 4. The van der Waals surface area contributed by atoms with E-state index in [2.05, 4.69) is 46.2 Å². The van der Waals surface area contributed by atoms with Crippen molar-refractivity contribution in [2.75, 3.05) is 0 Å². The predicted molar refractivity (Wildman–Crippen MR) is 87.6 cm³/mol. The molecule has 0 saturated carbocycles. The fourth-order valence-corrected chi connectivity index (χ4v) is 2.32. The molecule has 0 aromatic carbocycles. The molecule has 2 aromatic heterocycles. The van der Waals surface area contributed by atoms with Crippen LogP contribution in [0.5, 0.6) is 0 Å². The van der Waals surface area contributed by atoms with Crippen molar-refractivity contribution in [3.8, 4) is 0 Å². The van der Waals surface area contributed by atoms with Crippen LogP contribution >= 0.6 is 12.4 Å². The minimum absolute atomic E-state index is 0. The Balaban J connectivity index is 0.00000220. The molecule has 0 aliphatic rings. The lowest BCUT2D eigenvalue weighted by Crippen LogP contribution is -2.17. The second-order valence-electron chi connectivity index (χ2n) is 5.17. The molecule has 0 aliphatic heterocycles. The molecule has 0 radical (unpaired) electrons. The van der Waals surface area contributed by atoms with E-state index in [1.807, 2.05) is 17.8 Å². The number of aromatic nitrogens is 4. The molecule has 0 fully saturated rings. The maximum Gasteiger partial charge on any atom is 0.0762 e. The summed E-state index contributed by atoms with van der Waals surface area (Å²) in [6.45, 7) is 9.99. The molecule has 2 aromatic rings. The first-order valence-corrected chi connectivity index (χ1v) is 7.49. The summed E-state index contributed by atoms with van der Waals surface area (Å²) in [5, 5.41) is 12.5. The van der Waals surface area contributed by atoms with Crippen LogP contribution in [-0.2, 0) is 26.2 Å². The Labute approximate surface area is 133 Å². The fraction of sp³-hybridized carbons (Fsp3) is 0.600. The Kier molecular flexibility index (Phi) is 7.47. The molecule has 0 bridgehead atoms. The van der Waals surface area contributed by atoms with E-state index in [-0.39, 0.29) is 12.4 Å². The van der Waals surface area contributed by atoms with Gasteiger partial charge >= 0.3 is 0 Å². The molecule has 2 heterocycles. The van der Waals surface area contributed by atoms with Gasteiger partial charge in [0.05, 0.1) is 17.1 Å². The van der Waals surface area contributed by atoms with E-state index in [9.17, 15) is 0 Å². The Morgan fingerprint density at radius 2 is 1.86 bits per heavy atom. The third-order valence-electron chi connectivity index (χ3n) is 3.18. The molecule has 0 amide bonds. The Hall–Kier alpha value is -1.33. The van der Waals surface area contributed by atoms with E-state index in [1.165, 1.54) is 5.69 Å². The Bertz CT molecular complexity index is 532. The van der Waals surface area contributed by atoms with Gasteiger partial charge in [0.1, 0.15) is 0 Å². The smallest absolute Gasteiger partial charge is 0.0762 e. The van der Waals surface area contributed by atoms with E-state index in [1.54, 1.807) is 0 Å². The van der Waals surface area contributed by atoms with Crippen molar-refractivity contribution >= 4 is 12.4 Å². The summed E-state index contributed by atoms with van der Waals surface area (Å²) in [7, 11) is 0. The normalized spacial score (nSPS) is 10.6. The van der Waals surface area contributed by atoms with Crippen molar-refractivity contribution in [3.05, 3.63) is 35.4 Å². The van der Waals surface area contributed by atoms with Crippen LogP contribution in [0.4, 0.5) is 0 Å². The highest BCUT2D eigenvalue weighted by atomic mass is 35.5. The van der Waals surface area contributed by atoms with Crippen LogP contribution in [0, 0.1) is 6.92 Å². The lowest BCUT2D eigenvalue weighted by Gasteiger charge is -2.06. The summed E-state index contributed by atoms with van der Waals surface area (Å²) in [6.07, 6.45) is 4.27. The molecule has 0 spiro atoms. The van der Waals surface area contributed by atoms with Gasteiger partial charge in [-0.2, -0.15) is 10.2 Å². The lowest BCUT2D eigenvalue weighted by atomic mass is 10.3. The summed E-state index contributed by atoms with van der Waals surface area (Å²) in [5.74, 6) is 0. The van der Waals surface area contributed by atoms with E-state index >= 15 is 0 Å². The molecule has 0 aliphatic carbocycles. The van der Waals surface area contributed by atoms with E-state index in [4.69, 9.17) is 0 Å². The Morgan fingerprint density at radius 3 is 2.57 bits per heavy atom. The topological polar surface area (TPSA) is 47.7 Å². The molecule has 0 saturated heterocycles. The van der Waals surface area contributed by atoms with Crippen LogP contribution in [0.1, 0.15) is 43.8 Å². The third-order valence-corrected chi connectivity index (χ3v) is 3.18. The van der Waals surface area contributed by atoms with Gasteiger partial charge in [0.25, 0.3) is 0 Å². The first kappa shape index (κ1) is 17.7. The number of rotatable bonds is 8. The van der Waals surface area contributed by atoms with Gasteiger partial charge < -0.3 is 5.32 Å². The summed E-state index contributed by atoms with van der Waals surface area (Å²) in [4.78, 5) is 0. The number of aryl methyl sites for hydroxylation is 3. The molecule has 0 unspecified atom stereocenters. The van der Waals surface area contributed by atoms with Crippen molar-refractivity contribution in [3.63, 3.8) is 0 Å². The van der Waals surface area contributed by atoms with Crippen LogP contribution in [-0.4, -0.2) is 19.6 Å². The minimum Gasteiger partial charge on any atom is -0.305 e. The highest BCUT2D eigenvalue weighted by Gasteiger charge is 2.05. The summed E-state index contributed by atoms with van der Waals surface area (Å²) < 4.78 is 4.10. The fourth-order valence-electron chi connectivity index (χ4n) is 2.32. The summed E-state index contributed by atoms with van der Waals surface area (Å²) in [6, 6.07) is 4.23. The first-order chi connectivity index (χ1) is 9.72. The van der Waals surface area contributed by atoms with Crippen LogP contribution in [0.25, 0.3) is 0 Å². The molecule has 5 nitrogen and oxygen atoms in total. The van der Waals surface area contributed by atoms with Gasteiger partial charge in [0.15, 0.2) is 0 Å². The molecule has 118 valence electrons. The second-order valence-corrected chi connectivity index (χ2v) is 5.17. The minimum atomic E-state index is 0. The quantitative estimate of drug-likeness (QED) is 0.815. The molecule has 21 heavy (non-hydrogen) atoms. The van der Waals surface area contributed by atoms with Crippen LogP contribution in [0.2, 0.25) is 0 Å². The van der Waals surface area contributed by atoms with Crippen molar-refractivity contribution < 1.29 is 0 Å². The maximum absolute atomic E-state index is 4.53. The van der Waals surface area contributed by atoms with Crippen LogP contribution in [0.3, 0.4) is 0 Å². The maximum atomic E-state index is 4.53. The molecule has 0 atom stereocenters. The average molecular weight is 312 g/mol. The average Bonchev–Trinajstić information content (AvgIpc) is 2.98. The van der Waals surface area contributed by atoms with Crippen LogP contribution in [0.15, 0.2) is 18.3 Å². The molecule has 6 heteroatoms. The van der Waals surface area contributed by atoms with Gasteiger partial charge in [-0.1, -0.05) is 13.8 Å². The zero-order valence-electron chi connectivity index (χ0n) is 13.2. The summed E-state index contributed by atoms with van der Waals surface area (Å²) in [5.41, 5.74) is 3.43.